The molecule has 2 amide bonds. The molecule has 134 valence electrons. The van der Waals surface area contributed by atoms with Gasteiger partial charge in [0.15, 0.2) is 0 Å². The molecule has 1 saturated carbocycles. The number of nitrogens with one attached hydrogen (secondary N) is 1. The van der Waals surface area contributed by atoms with Crippen LogP contribution in [0, 0.1) is 0 Å². The van der Waals surface area contributed by atoms with Gasteiger partial charge in [-0.3, -0.25) is 0 Å². The molecule has 0 saturated heterocycles. The number of imidazole rings is 1. The number of rotatable bonds is 7. The van der Waals surface area contributed by atoms with Crippen molar-refractivity contribution >= 4 is 23.3 Å². The number of carbonyl (C=O) groups is 1. The second kappa shape index (κ2) is 7.78. The summed E-state index contributed by atoms with van der Waals surface area (Å²) in [6.07, 6.45) is 6.60. The van der Waals surface area contributed by atoms with Crippen LogP contribution >= 0.6 is 11.6 Å². The maximum absolute atomic E-state index is 12.7. The Bertz CT molecular complexity index is 742. The molecule has 1 aromatic heterocycles. The first-order chi connectivity index (χ1) is 12.1. The van der Waals surface area contributed by atoms with E-state index >= 15 is 0 Å². The Morgan fingerprint density at radius 2 is 2.28 bits per heavy atom. The molecule has 0 atom stereocenters. The topological polar surface area (TPSA) is 59.4 Å². The Labute approximate surface area is 152 Å². The zero-order chi connectivity index (χ0) is 17.8. The fourth-order valence-corrected chi connectivity index (χ4v) is 2.79. The van der Waals surface area contributed by atoms with E-state index in [-0.39, 0.29) is 12.1 Å². The van der Waals surface area contributed by atoms with Crippen LogP contribution in [0.1, 0.15) is 32.0 Å². The van der Waals surface area contributed by atoms with Gasteiger partial charge in [0.25, 0.3) is 0 Å². The molecule has 1 aromatic carbocycles. The van der Waals surface area contributed by atoms with Crippen molar-refractivity contribution in [3.8, 4) is 5.75 Å². The molecule has 7 heteroatoms. The quantitative estimate of drug-likeness (QED) is 0.808. The number of benzene rings is 1. The Balaban J connectivity index is 1.67. The number of aryl methyl sites for hydroxylation is 1. The maximum Gasteiger partial charge on any atom is 0.322 e. The summed E-state index contributed by atoms with van der Waals surface area (Å²) in [5.74, 6) is 1.50. The fraction of sp³-hybridized carbons (Fsp3) is 0.444. The standard InChI is InChI=1S/C18H23ClN4O2/c1-3-10-25-16-7-4-13(11-15(16)19)21-18(24)23(14-5-6-14)12-17-20-8-9-22(17)2/h4,7-9,11,14H,3,5-6,10,12H2,1-2H3,(H,21,24). The smallest absolute Gasteiger partial charge is 0.322 e. The van der Waals surface area contributed by atoms with Crippen molar-refractivity contribution in [1.82, 2.24) is 14.5 Å². The number of hydrogen-bond acceptors (Lipinski definition) is 3. The minimum Gasteiger partial charge on any atom is -0.492 e. The van der Waals surface area contributed by atoms with Crippen LogP contribution in [0.5, 0.6) is 5.75 Å². The fourth-order valence-electron chi connectivity index (χ4n) is 2.56. The number of amides is 2. The largest absolute Gasteiger partial charge is 0.492 e. The number of anilines is 1. The Hall–Kier alpha value is -2.21. The summed E-state index contributed by atoms with van der Waals surface area (Å²) in [4.78, 5) is 18.8. The van der Waals surface area contributed by atoms with Crippen molar-refractivity contribution in [3.05, 3.63) is 41.4 Å². The summed E-state index contributed by atoms with van der Waals surface area (Å²) in [5, 5.41) is 3.42. The molecular formula is C18H23ClN4O2. The average molecular weight is 363 g/mol. The van der Waals surface area contributed by atoms with Crippen LogP contribution in [0.4, 0.5) is 10.5 Å². The van der Waals surface area contributed by atoms with E-state index in [2.05, 4.69) is 10.3 Å². The highest BCUT2D eigenvalue weighted by molar-refractivity contribution is 6.32. The molecule has 1 heterocycles. The lowest BCUT2D eigenvalue weighted by atomic mass is 10.3. The van der Waals surface area contributed by atoms with Gasteiger partial charge in [-0.15, -0.1) is 0 Å². The van der Waals surface area contributed by atoms with Gasteiger partial charge in [-0.1, -0.05) is 18.5 Å². The van der Waals surface area contributed by atoms with E-state index in [1.807, 2.05) is 29.6 Å². The van der Waals surface area contributed by atoms with Crippen molar-refractivity contribution in [2.45, 2.75) is 38.8 Å². The predicted molar refractivity (Wildman–Crippen MR) is 98.0 cm³/mol. The molecule has 1 aliphatic rings. The van der Waals surface area contributed by atoms with Gasteiger partial charge < -0.3 is 19.5 Å². The summed E-state index contributed by atoms with van der Waals surface area (Å²) >= 11 is 6.24. The highest BCUT2D eigenvalue weighted by atomic mass is 35.5. The molecule has 0 radical (unpaired) electrons. The number of hydrogen-bond donors (Lipinski definition) is 1. The highest BCUT2D eigenvalue weighted by Gasteiger charge is 2.33. The highest BCUT2D eigenvalue weighted by Crippen LogP contribution is 2.31. The van der Waals surface area contributed by atoms with Crippen molar-refractivity contribution in [2.75, 3.05) is 11.9 Å². The van der Waals surface area contributed by atoms with Crippen LogP contribution in [0.2, 0.25) is 5.02 Å². The van der Waals surface area contributed by atoms with Crippen LogP contribution in [0.3, 0.4) is 0 Å². The van der Waals surface area contributed by atoms with E-state index in [0.29, 0.717) is 29.6 Å². The van der Waals surface area contributed by atoms with E-state index in [0.717, 1.165) is 25.1 Å². The molecule has 25 heavy (non-hydrogen) atoms. The van der Waals surface area contributed by atoms with E-state index in [1.54, 1.807) is 24.4 Å². The molecular weight excluding hydrogens is 340 g/mol. The minimum absolute atomic E-state index is 0.135. The van der Waals surface area contributed by atoms with Gasteiger partial charge in [0, 0.05) is 31.2 Å². The number of carbonyl (C=O) groups excluding carboxylic acids is 1. The van der Waals surface area contributed by atoms with Gasteiger partial charge in [0.05, 0.1) is 18.2 Å². The SMILES string of the molecule is CCCOc1ccc(NC(=O)N(Cc2nccn2C)C2CC2)cc1Cl. The lowest BCUT2D eigenvalue weighted by molar-refractivity contribution is 0.204. The van der Waals surface area contributed by atoms with Gasteiger partial charge in [-0.05, 0) is 37.5 Å². The van der Waals surface area contributed by atoms with Gasteiger partial charge in [-0.2, -0.15) is 0 Å². The Morgan fingerprint density at radius 1 is 1.48 bits per heavy atom. The normalized spacial score (nSPS) is 13.6. The molecule has 0 bridgehead atoms. The number of aromatic nitrogens is 2. The minimum atomic E-state index is -0.135. The summed E-state index contributed by atoms with van der Waals surface area (Å²) in [6, 6.07) is 5.45. The molecule has 0 unspecified atom stereocenters. The third-order valence-corrected chi connectivity index (χ3v) is 4.42. The average Bonchev–Trinajstić information content (AvgIpc) is 3.34. The molecule has 1 aliphatic carbocycles. The van der Waals surface area contributed by atoms with Crippen LogP contribution < -0.4 is 10.1 Å². The van der Waals surface area contributed by atoms with Crippen molar-refractivity contribution in [3.63, 3.8) is 0 Å². The number of halogens is 1. The van der Waals surface area contributed by atoms with Gasteiger partial charge in [0.2, 0.25) is 0 Å². The van der Waals surface area contributed by atoms with Crippen molar-refractivity contribution < 1.29 is 9.53 Å². The third-order valence-electron chi connectivity index (χ3n) is 4.13. The lowest BCUT2D eigenvalue weighted by Gasteiger charge is -2.22. The molecule has 0 aliphatic heterocycles. The van der Waals surface area contributed by atoms with Crippen LogP contribution in [0.15, 0.2) is 30.6 Å². The zero-order valence-electron chi connectivity index (χ0n) is 14.5. The van der Waals surface area contributed by atoms with E-state index < -0.39 is 0 Å². The molecule has 0 spiro atoms. The van der Waals surface area contributed by atoms with Crippen LogP contribution in [-0.4, -0.2) is 33.1 Å². The van der Waals surface area contributed by atoms with Crippen molar-refractivity contribution in [2.24, 2.45) is 7.05 Å². The van der Waals surface area contributed by atoms with Crippen LogP contribution in [0.25, 0.3) is 0 Å². The van der Waals surface area contributed by atoms with Crippen molar-refractivity contribution in [1.29, 1.82) is 0 Å². The van der Waals surface area contributed by atoms with E-state index in [9.17, 15) is 4.79 Å². The second-order valence-electron chi connectivity index (χ2n) is 6.24. The van der Waals surface area contributed by atoms with Crippen LogP contribution in [-0.2, 0) is 13.6 Å². The number of ether oxygens (including phenoxy) is 1. The maximum atomic E-state index is 12.7. The van der Waals surface area contributed by atoms with Gasteiger partial charge in [-0.25, -0.2) is 9.78 Å². The third kappa shape index (κ3) is 4.45. The van der Waals surface area contributed by atoms with E-state index in [1.165, 1.54) is 0 Å². The summed E-state index contributed by atoms with van der Waals surface area (Å²) in [7, 11) is 1.93. The van der Waals surface area contributed by atoms with E-state index in [4.69, 9.17) is 16.3 Å². The summed E-state index contributed by atoms with van der Waals surface area (Å²) < 4.78 is 7.49. The summed E-state index contributed by atoms with van der Waals surface area (Å²) in [6.45, 7) is 3.15. The van der Waals surface area contributed by atoms with Gasteiger partial charge in [0.1, 0.15) is 11.6 Å². The molecule has 6 nitrogen and oxygen atoms in total. The molecule has 3 rings (SSSR count). The zero-order valence-corrected chi connectivity index (χ0v) is 15.3. The number of nitrogens with zero attached hydrogens (tertiary/aromatic N) is 3. The second-order valence-corrected chi connectivity index (χ2v) is 6.64. The predicted octanol–water partition coefficient (Wildman–Crippen LogP) is 4.06. The van der Waals surface area contributed by atoms with Gasteiger partial charge >= 0.3 is 6.03 Å². The first-order valence-corrected chi connectivity index (χ1v) is 8.92. The lowest BCUT2D eigenvalue weighted by Crippen LogP contribution is -2.37. The molecule has 2 aromatic rings. The monoisotopic (exact) mass is 362 g/mol. The first kappa shape index (κ1) is 17.6. The first-order valence-electron chi connectivity index (χ1n) is 8.54. The Morgan fingerprint density at radius 3 is 2.88 bits per heavy atom. The summed E-state index contributed by atoms with van der Waals surface area (Å²) in [5.41, 5.74) is 0.657. The number of urea groups is 1. The molecule has 1 N–H and O–H groups in total. The molecule has 1 fully saturated rings. The Kier molecular flexibility index (Phi) is 5.48.